The van der Waals surface area contributed by atoms with E-state index < -0.39 is 5.41 Å². The van der Waals surface area contributed by atoms with Crippen molar-refractivity contribution in [3.05, 3.63) is 6.39 Å². The van der Waals surface area contributed by atoms with Gasteiger partial charge in [0.25, 0.3) is 0 Å². The van der Waals surface area contributed by atoms with Crippen molar-refractivity contribution in [2.75, 3.05) is 11.9 Å². The molecule has 0 aliphatic carbocycles. The predicted octanol–water partition coefficient (Wildman–Crippen LogP) is -0.00700. The number of carbonyl (C=O) groups is 1. The van der Waals surface area contributed by atoms with Gasteiger partial charge in [-0.3, -0.25) is 4.79 Å². The summed E-state index contributed by atoms with van der Waals surface area (Å²) in [5.41, 5.74) is 4.53. The van der Waals surface area contributed by atoms with E-state index in [1.54, 1.807) is 13.8 Å². The van der Waals surface area contributed by atoms with E-state index in [-0.39, 0.29) is 11.9 Å². The van der Waals surface area contributed by atoms with Crippen LogP contribution in [0, 0.1) is 5.41 Å². The maximum absolute atomic E-state index is 10.9. The van der Waals surface area contributed by atoms with Gasteiger partial charge in [0.15, 0.2) is 0 Å². The largest absolute Gasteiger partial charge is 0.411 e. The fourth-order valence-electron chi connectivity index (χ4n) is 0.634. The van der Waals surface area contributed by atoms with Crippen LogP contribution in [0.1, 0.15) is 13.8 Å². The van der Waals surface area contributed by atoms with Gasteiger partial charge in [-0.25, -0.2) is 0 Å². The minimum absolute atomic E-state index is 0.286. The SMILES string of the molecule is CC(C)(CNc1nnco1)C(N)=O. The molecule has 0 bridgehead atoms. The third kappa shape index (κ3) is 2.43. The second kappa shape index (κ2) is 3.42. The van der Waals surface area contributed by atoms with E-state index in [4.69, 9.17) is 10.2 Å². The van der Waals surface area contributed by atoms with Gasteiger partial charge in [0.2, 0.25) is 12.3 Å². The normalized spacial score (nSPS) is 11.2. The molecule has 1 heterocycles. The molecule has 0 spiro atoms. The van der Waals surface area contributed by atoms with E-state index in [9.17, 15) is 4.79 Å². The molecular weight excluding hydrogens is 172 g/mol. The van der Waals surface area contributed by atoms with Crippen LogP contribution >= 0.6 is 0 Å². The van der Waals surface area contributed by atoms with Gasteiger partial charge >= 0.3 is 6.01 Å². The Morgan fingerprint density at radius 3 is 2.92 bits per heavy atom. The van der Waals surface area contributed by atoms with Gasteiger partial charge in [0.1, 0.15) is 0 Å². The highest BCUT2D eigenvalue weighted by Crippen LogP contribution is 2.14. The first kappa shape index (κ1) is 9.50. The van der Waals surface area contributed by atoms with Crippen molar-refractivity contribution in [3.8, 4) is 0 Å². The molecule has 1 rings (SSSR count). The van der Waals surface area contributed by atoms with Gasteiger partial charge < -0.3 is 15.5 Å². The number of rotatable bonds is 4. The molecule has 3 N–H and O–H groups in total. The Hall–Kier alpha value is -1.59. The number of amides is 1. The Morgan fingerprint density at radius 2 is 2.46 bits per heavy atom. The molecular formula is C7H12N4O2. The Kier molecular flexibility index (Phi) is 2.50. The van der Waals surface area contributed by atoms with Crippen LogP contribution < -0.4 is 11.1 Å². The average molecular weight is 184 g/mol. The first-order valence-electron chi connectivity index (χ1n) is 3.82. The molecule has 0 fully saturated rings. The molecule has 0 radical (unpaired) electrons. The zero-order valence-corrected chi connectivity index (χ0v) is 7.57. The smallest absolute Gasteiger partial charge is 0.315 e. The lowest BCUT2D eigenvalue weighted by Crippen LogP contribution is -2.37. The maximum atomic E-state index is 10.9. The van der Waals surface area contributed by atoms with Gasteiger partial charge in [-0.05, 0) is 13.8 Å². The highest BCUT2D eigenvalue weighted by atomic mass is 16.4. The molecule has 0 saturated heterocycles. The summed E-state index contributed by atoms with van der Waals surface area (Å²) >= 11 is 0. The van der Waals surface area contributed by atoms with Crippen molar-refractivity contribution >= 4 is 11.9 Å². The fraction of sp³-hybridized carbons (Fsp3) is 0.571. The van der Waals surface area contributed by atoms with E-state index in [1.165, 1.54) is 6.39 Å². The zero-order chi connectivity index (χ0) is 9.90. The molecule has 72 valence electrons. The summed E-state index contributed by atoms with van der Waals surface area (Å²) in [6.07, 6.45) is 1.21. The maximum Gasteiger partial charge on any atom is 0.315 e. The Balaban J connectivity index is 2.47. The number of hydrogen-bond acceptors (Lipinski definition) is 5. The van der Waals surface area contributed by atoms with Crippen LogP contribution in [0.4, 0.5) is 6.01 Å². The molecule has 1 amide bonds. The Morgan fingerprint density at radius 1 is 1.77 bits per heavy atom. The number of anilines is 1. The molecule has 1 aromatic rings. The molecule has 0 saturated carbocycles. The van der Waals surface area contributed by atoms with E-state index in [1.807, 2.05) is 0 Å². The molecule has 0 atom stereocenters. The number of nitrogens with zero attached hydrogens (tertiary/aromatic N) is 2. The third-order valence-corrected chi connectivity index (χ3v) is 1.71. The predicted molar refractivity (Wildman–Crippen MR) is 45.8 cm³/mol. The van der Waals surface area contributed by atoms with Crippen LogP contribution in [0.2, 0.25) is 0 Å². The van der Waals surface area contributed by atoms with Crippen LogP contribution in [0.25, 0.3) is 0 Å². The molecule has 0 aliphatic rings. The number of hydrogen-bond donors (Lipinski definition) is 2. The molecule has 0 aromatic carbocycles. The summed E-state index contributed by atoms with van der Waals surface area (Å²) in [7, 11) is 0. The number of nitrogens with two attached hydrogens (primary N) is 1. The first-order valence-corrected chi connectivity index (χ1v) is 3.82. The summed E-state index contributed by atoms with van der Waals surface area (Å²) in [6, 6.07) is 0.286. The van der Waals surface area contributed by atoms with Crippen LogP contribution in [-0.2, 0) is 4.79 Å². The van der Waals surface area contributed by atoms with Crippen LogP contribution in [0.5, 0.6) is 0 Å². The van der Waals surface area contributed by atoms with Crippen molar-refractivity contribution in [2.24, 2.45) is 11.1 Å². The number of aromatic nitrogens is 2. The molecule has 6 heteroatoms. The van der Waals surface area contributed by atoms with E-state index in [0.29, 0.717) is 6.54 Å². The summed E-state index contributed by atoms with van der Waals surface area (Å²) < 4.78 is 4.82. The van der Waals surface area contributed by atoms with Crippen molar-refractivity contribution in [1.82, 2.24) is 10.2 Å². The average Bonchev–Trinajstić information content (AvgIpc) is 2.52. The molecule has 0 unspecified atom stereocenters. The van der Waals surface area contributed by atoms with E-state index in [2.05, 4.69) is 15.5 Å². The van der Waals surface area contributed by atoms with Gasteiger partial charge in [0, 0.05) is 6.54 Å². The minimum Gasteiger partial charge on any atom is -0.411 e. The lowest BCUT2D eigenvalue weighted by Gasteiger charge is -2.19. The lowest BCUT2D eigenvalue weighted by molar-refractivity contribution is -0.125. The summed E-state index contributed by atoms with van der Waals surface area (Å²) in [5.74, 6) is -0.375. The number of primary amides is 1. The lowest BCUT2D eigenvalue weighted by atomic mass is 9.93. The Bertz CT molecular complexity index is 281. The highest BCUT2D eigenvalue weighted by molar-refractivity contribution is 5.80. The number of carbonyl (C=O) groups excluding carboxylic acids is 1. The van der Waals surface area contributed by atoms with Crippen molar-refractivity contribution in [2.45, 2.75) is 13.8 Å². The van der Waals surface area contributed by atoms with Crippen LogP contribution in [0.3, 0.4) is 0 Å². The summed E-state index contributed by atoms with van der Waals surface area (Å²) in [6.45, 7) is 3.84. The van der Waals surface area contributed by atoms with Gasteiger partial charge in [-0.1, -0.05) is 5.10 Å². The molecule has 0 aliphatic heterocycles. The van der Waals surface area contributed by atoms with E-state index in [0.717, 1.165) is 0 Å². The fourth-order valence-corrected chi connectivity index (χ4v) is 0.634. The highest BCUT2D eigenvalue weighted by Gasteiger charge is 2.24. The summed E-state index contributed by atoms with van der Waals surface area (Å²) in [4.78, 5) is 10.9. The quantitative estimate of drug-likeness (QED) is 0.686. The summed E-state index contributed by atoms with van der Waals surface area (Å²) in [5, 5.41) is 9.88. The van der Waals surface area contributed by atoms with Gasteiger partial charge in [-0.15, -0.1) is 5.10 Å². The van der Waals surface area contributed by atoms with Crippen LogP contribution in [-0.4, -0.2) is 22.6 Å². The van der Waals surface area contributed by atoms with Crippen molar-refractivity contribution in [3.63, 3.8) is 0 Å². The first-order chi connectivity index (χ1) is 6.02. The molecule has 6 nitrogen and oxygen atoms in total. The molecule has 13 heavy (non-hydrogen) atoms. The second-order valence-corrected chi connectivity index (χ2v) is 3.35. The minimum atomic E-state index is -0.630. The van der Waals surface area contributed by atoms with Crippen LogP contribution in [0.15, 0.2) is 10.8 Å². The van der Waals surface area contributed by atoms with Gasteiger partial charge in [0.05, 0.1) is 5.41 Å². The van der Waals surface area contributed by atoms with Crippen molar-refractivity contribution in [1.29, 1.82) is 0 Å². The number of nitrogens with one attached hydrogen (secondary N) is 1. The topological polar surface area (TPSA) is 94.0 Å². The third-order valence-electron chi connectivity index (χ3n) is 1.71. The standard InChI is InChI=1S/C7H12N4O2/c1-7(2,5(8)12)3-9-6-11-10-4-13-6/h4H,3H2,1-2H3,(H2,8,12)(H,9,11). The Labute approximate surface area is 75.5 Å². The second-order valence-electron chi connectivity index (χ2n) is 3.35. The van der Waals surface area contributed by atoms with E-state index >= 15 is 0 Å². The van der Waals surface area contributed by atoms with Crippen molar-refractivity contribution < 1.29 is 9.21 Å². The zero-order valence-electron chi connectivity index (χ0n) is 7.57. The monoisotopic (exact) mass is 184 g/mol. The van der Waals surface area contributed by atoms with Gasteiger partial charge in [-0.2, -0.15) is 0 Å². The molecule has 1 aromatic heterocycles.